The second-order valence-electron chi connectivity index (χ2n) is 8.02. The maximum atomic E-state index is 10.5. The number of nitrogens with zero attached hydrogens (tertiary/aromatic N) is 1. The Morgan fingerprint density at radius 3 is 2.52 bits per heavy atom. The van der Waals surface area contributed by atoms with Crippen LogP contribution in [0.3, 0.4) is 0 Å². The maximum Gasteiger partial charge on any atom is 0.127 e. The normalized spacial score (nSPS) is 20.4. The molecule has 0 amide bonds. The van der Waals surface area contributed by atoms with E-state index in [1.165, 1.54) is 51.4 Å². The largest absolute Gasteiger partial charge is 0.497 e. The summed E-state index contributed by atoms with van der Waals surface area (Å²) in [7, 11) is 1.67. The average molecular weight is 377 g/mol. The quantitative estimate of drug-likeness (QED) is 0.692. The van der Waals surface area contributed by atoms with Gasteiger partial charge in [-0.2, -0.15) is 0 Å². The molecule has 0 bridgehead atoms. The summed E-state index contributed by atoms with van der Waals surface area (Å²) >= 11 is 0. The van der Waals surface area contributed by atoms with E-state index >= 15 is 0 Å². The Balaban J connectivity index is 1.51. The van der Waals surface area contributed by atoms with Crippen molar-refractivity contribution in [3.63, 3.8) is 0 Å². The molecule has 1 saturated carbocycles. The van der Waals surface area contributed by atoms with E-state index in [4.69, 9.17) is 9.47 Å². The molecule has 1 aromatic rings. The molecule has 1 heterocycles. The molecule has 5 nitrogen and oxygen atoms in total. The van der Waals surface area contributed by atoms with Gasteiger partial charge >= 0.3 is 0 Å². The third kappa shape index (κ3) is 6.66. The average Bonchev–Trinajstić information content (AvgIpc) is 2.61. The van der Waals surface area contributed by atoms with Gasteiger partial charge in [0.15, 0.2) is 0 Å². The molecule has 2 N–H and O–H groups in total. The molecular weight excluding hydrogens is 340 g/mol. The van der Waals surface area contributed by atoms with Gasteiger partial charge in [0.25, 0.3) is 0 Å². The number of aliphatic hydroxyl groups is 1. The molecular formula is C22H36N2O3. The maximum absolute atomic E-state index is 10.5. The first-order chi connectivity index (χ1) is 13.2. The Kier molecular flexibility index (Phi) is 8.24. The molecule has 0 spiro atoms. The van der Waals surface area contributed by atoms with Crippen molar-refractivity contribution < 1.29 is 14.6 Å². The van der Waals surface area contributed by atoms with Gasteiger partial charge in [-0.15, -0.1) is 0 Å². The molecule has 1 aliphatic heterocycles. The number of ether oxygens (including phenoxy) is 2. The highest BCUT2D eigenvalue weighted by Gasteiger charge is 2.18. The number of likely N-dealkylation sites (tertiary alicyclic amines) is 1. The number of methoxy groups -OCH3 is 1. The molecule has 0 radical (unpaired) electrons. The summed E-state index contributed by atoms with van der Waals surface area (Å²) < 4.78 is 11.4. The molecule has 27 heavy (non-hydrogen) atoms. The Morgan fingerprint density at radius 2 is 1.85 bits per heavy atom. The third-order valence-corrected chi connectivity index (χ3v) is 5.81. The number of nitrogens with one attached hydrogen (secondary N) is 1. The van der Waals surface area contributed by atoms with Crippen molar-refractivity contribution in [3.8, 4) is 11.5 Å². The minimum atomic E-state index is -0.469. The third-order valence-electron chi connectivity index (χ3n) is 5.81. The summed E-state index contributed by atoms with van der Waals surface area (Å²) in [6.45, 7) is 3.99. The monoisotopic (exact) mass is 376 g/mol. The number of benzene rings is 1. The molecule has 1 aromatic carbocycles. The van der Waals surface area contributed by atoms with E-state index in [0.717, 1.165) is 36.7 Å². The molecule has 0 unspecified atom stereocenters. The van der Waals surface area contributed by atoms with Crippen LogP contribution in [0.15, 0.2) is 18.2 Å². The predicted molar refractivity (Wildman–Crippen MR) is 108 cm³/mol. The summed E-state index contributed by atoms with van der Waals surface area (Å²) in [4.78, 5) is 2.39. The van der Waals surface area contributed by atoms with Crippen molar-refractivity contribution >= 4 is 0 Å². The first-order valence-electron chi connectivity index (χ1n) is 10.7. The van der Waals surface area contributed by atoms with Crippen molar-refractivity contribution in [2.45, 2.75) is 70.1 Å². The van der Waals surface area contributed by atoms with Gasteiger partial charge in [0, 0.05) is 30.8 Å². The zero-order valence-electron chi connectivity index (χ0n) is 16.8. The highest BCUT2D eigenvalue weighted by atomic mass is 16.5. The van der Waals surface area contributed by atoms with Gasteiger partial charge < -0.3 is 24.8 Å². The predicted octanol–water partition coefficient (Wildman–Crippen LogP) is 3.34. The van der Waals surface area contributed by atoms with Crippen molar-refractivity contribution in [2.75, 3.05) is 33.4 Å². The minimum absolute atomic E-state index is 0.320. The van der Waals surface area contributed by atoms with Crippen molar-refractivity contribution in [2.24, 2.45) is 0 Å². The standard InChI is InChI=1S/C22H36N2O3/c1-26-21-11-10-18(15-23-19-8-7-9-19)22(14-21)27-17-20(25)16-24-12-5-3-2-4-6-13-24/h10-11,14,19-20,23,25H,2-9,12-13,15-17H2,1H3/t20-/m0/s1. The lowest BCUT2D eigenvalue weighted by Gasteiger charge is -2.28. The van der Waals surface area contributed by atoms with E-state index in [2.05, 4.69) is 16.3 Å². The number of hydrogen-bond acceptors (Lipinski definition) is 5. The Hall–Kier alpha value is -1.30. The van der Waals surface area contributed by atoms with Gasteiger partial charge in [-0.3, -0.25) is 0 Å². The van der Waals surface area contributed by atoms with Crippen LogP contribution in [0.2, 0.25) is 0 Å². The first-order valence-corrected chi connectivity index (χ1v) is 10.7. The second-order valence-corrected chi connectivity index (χ2v) is 8.02. The van der Waals surface area contributed by atoms with E-state index in [0.29, 0.717) is 19.2 Å². The fourth-order valence-corrected chi connectivity index (χ4v) is 3.84. The Morgan fingerprint density at radius 1 is 1.11 bits per heavy atom. The van der Waals surface area contributed by atoms with Crippen LogP contribution in [-0.2, 0) is 6.54 Å². The number of aliphatic hydroxyl groups excluding tert-OH is 1. The fourth-order valence-electron chi connectivity index (χ4n) is 3.84. The van der Waals surface area contributed by atoms with Crippen molar-refractivity contribution in [3.05, 3.63) is 23.8 Å². The molecule has 5 heteroatoms. The Labute approximate surface area is 164 Å². The molecule has 1 aliphatic carbocycles. The zero-order valence-corrected chi connectivity index (χ0v) is 16.8. The first kappa shape index (κ1) is 20.4. The number of rotatable bonds is 9. The molecule has 1 atom stereocenters. The van der Waals surface area contributed by atoms with Crippen LogP contribution in [0.4, 0.5) is 0 Å². The van der Waals surface area contributed by atoms with Gasteiger partial charge in [0.1, 0.15) is 24.2 Å². The summed E-state index contributed by atoms with van der Waals surface area (Å²) in [6, 6.07) is 6.60. The van der Waals surface area contributed by atoms with Gasteiger partial charge in [0.05, 0.1) is 7.11 Å². The summed E-state index contributed by atoms with van der Waals surface area (Å²) in [5.41, 5.74) is 1.13. The molecule has 2 fully saturated rings. The minimum Gasteiger partial charge on any atom is -0.497 e. The van der Waals surface area contributed by atoms with Crippen molar-refractivity contribution in [1.82, 2.24) is 10.2 Å². The van der Waals surface area contributed by atoms with E-state index in [1.807, 2.05) is 12.1 Å². The van der Waals surface area contributed by atoms with Crippen LogP contribution in [-0.4, -0.2) is 55.5 Å². The van der Waals surface area contributed by atoms with Crippen LogP contribution >= 0.6 is 0 Å². The number of β-amino-alcohol motifs (C(OH)–C–C–N with tert-alkyl or cyclic N) is 1. The van der Waals surface area contributed by atoms with Crippen LogP contribution in [0, 0.1) is 0 Å². The summed E-state index contributed by atoms with van der Waals surface area (Å²) in [5.74, 6) is 1.60. The molecule has 0 aromatic heterocycles. The molecule has 152 valence electrons. The van der Waals surface area contributed by atoms with Crippen molar-refractivity contribution in [1.29, 1.82) is 0 Å². The van der Waals surface area contributed by atoms with Crippen LogP contribution in [0.5, 0.6) is 11.5 Å². The molecule has 2 aliphatic rings. The van der Waals surface area contributed by atoms with E-state index in [-0.39, 0.29) is 0 Å². The lowest BCUT2D eigenvalue weighted by atomic mass is 9.93. The highest BCUT2D eigenvalue weighted by Crippen LogP contribution is 2.26. The van der Waals surface area contributed by atoms with Gasteiger partial charge in [-0.25, -0.2) is 0 Å². The van der Waals surface area contributed by atoms with Crippen LogP contribution in [0.25, 0.3) is 0 Å². The Bertz CT molecular complexity index is 554. The smallest absolute Gasteiger partial charge is 0.127 e. The molecule has 3 rings (SSSR count). The van der Waals surface area contributed by atoms with E-state index in [1.54, 1.807) is 7.11 Å². The van der Waals surface area contributed by atoms with Gasteiger partial charge in [0.2, 0.25) is 0 Å². The van der Waals surface area contributed by atoms with Crippen LogP contribution < -0.4 is 14.8 Å². The lowest BCUT2D eigenvalue weighted by molar-refractivity contribution is 0.0649. The summed E-state index contributed by atoms with van der Waals surface area (Å²) in [6.07, 6.45) is 9.83. The van der Waals surface area contributed by atoms with Gasteiger partial charge in [-0.05, 0) is 44.8 Å². The van der Waals surface area contributed by atoms with Crippen LogP contribution in [0.1, 0.15) is 56.9 Å². The summed E-state index contributed by atoms with van der Waals surface area (Å²) in [5, 5.41) is 14.1. The van der Waals surface area contributed by atoms with Gasteiger partial charge in [-0.1, -0.05) is 31.7 Å². The zero-order chi connectivity index (χ0) is 18.9. The topological polar surface area (TPSA) is 54.0 Å². The lowest BCUT2D eigenvalue weighted by Crippen LogP contribution is -2.37. The fraction of sp³-hybridized carbons (Fsp3) is 0.727. The second kappa shape index (κ2) is 10.9. The van der Waals surface area contributed by atoms with E-state index < -0.39 is 6.10 Å². The van der Waals surface area contributed by atoms with E-state index in [9.17, 15) is 5.11 Å². The molecule has 1 saturated heterocycles. The highest BCUT2D eigenvalue weighted by molar-refractivity contribution is 5.40. The number of hydrogen-bond donors (Lipinski definition) is 2. The SMILES string of the molecule is COc1ccc(CNC2CCC2)c(OC[C@@H](O)CN2CCCCCCC2)c1.